The van der Waals surface area contributed by atoms with Crippen LogP contribution < -0.4 is 5.32 Å². The molecule has 0 aromatic heterocycles. The first-order chi connectivity index (χ1) is 9.06. The summed E-state index contributed by atoms with van der Waals surface area (Å²) in [5.41, 5.74) is 0.188. The Morgan fingerprint density at radius 1 is 1.32 bits per heavy atom. The highest BCUT2D eigenvalue weighted by Crippen LogP contribution is 2.41. The monoisotopic (exact) mass is 266 g/mol. The summed E-state index contributed by atoms with van der Waals surface area (Å²) in [6.07, 6.45) is 6.99. The van der Waals surface area contributed by atoms with Crippen molar-refractivity contribution in [1.29, 1.82) is 0 Å². The molecule has 0 radical (unpaired) electrons. The van der Waals surface area contributed by atoms with Crippen molar-refractivity contribution in [2.24, 2.45) is 11.3 Å². The van der Waals surface area contributed by atoms with Gasteiger partial charge < -0.3 is 10.2 Å². The fourth-order valence-corrected chi connectivity index (χ4v) is 3.77. The topological polar surface area (TPSA) is 32.3 Å². The third kappa shape index (κ3) is 3.31. The number of hydrogen-bond acceptors (Lipinski definition) is 2. The van der Waals surface area contributed by atoms with Crippen molar-refractivity contribution in [3.05, 3.63) is 0 Å². The van der Waals surface area contributed by atoms with Crippen LogP contribution >= 0.6 is 0 Å². The van der Waals surface area contributed by atoms with Crippen molar-refractivity contribution < 1.29 is 4.79 Å². The quantitative estimate of drug-likeness (QED) is 0.848. The van der Waals surface area contributed by atoms with E-state index in [1.54, 1.807) is 0 Å². The van der Waals surface area contributed by atoms with Crippen molar-refractivity contribution in [3.8, 4) is 0 Å². The number of rotatable bonds is 4. The van der Waals surface area contributed by atoms with Gasteiger partial charge in [-0.15, -0.1) is 0 Å². The molecule has 0 aromatic rings. The molecule has 1 saturated carbocycles. The van der Waals surface area contributed by atoms with E-state index in [9.17, 15) is 4.79 Å². The molecule has 1 N–H and O–H groups in total. The molecular weight excluding hydrogens is 236 g/mol. The second-order valence-corrected chi connectivity index (χ2v) is 6.97. The largest absolute Gasteiger partial charge is 0.338 e. The van der Waals surface area contributed by atoms with Gasteiger partial charge in [-0.05, 0) is 37.6 Å². The van der Waals surface area contributed by atoms with Crippen LogP contribution in [0.3, 0.4) is 0 Å². The summed E-state index contributed by atoms with van der Waals surface area (Å²) >= 11 is 0. The van der Waals surface area contributed by atoms with Gasteiger partial charge in [0, 0.05) is 25.0 Å². The lowest BCUT2D eigenvalue weighted by atomic mass is 9.68. The Bertz CT molecular complexity index is 308. The summed E-state index contributed by atoms with van der Waals surface area (Å²) in [6.45, 7) is 9.72. The van der Waals surface area contributed by atoms with Crippen molar-refractivity contribution in [1.82, 2.24) is 10.2 Å². The molecule has 19 heavy (non-hydrogen) atoms. The van der Waals surface area contributed by atoms with Gasteiger partial charge in [-0.2, -0.15) is 0 Å². The average Bonchev–Trinajstić information content (AvgIpc) is 2.88. The zero-order valence-corrected chi connectivity index (χ0v) is 12.9. The summed E-state index contributed by atoms with van der Waals surface area (Å²) in [6, 6.07) is 0.435. The lowest BCUT2D eigenvalue weighted by Crippen LogP contribution is -2.49. The highest BCUT2D eigenvalue weighted by molar-refractivity contribution is 5.80. The van der Waals surface area contributed by atoms with Crippen LogP contribution in [-0.2, 0) is 4.79 Å². The number of carbonyl (C=O) groups excluding carboxylic acids is 1. The molecule has 2 fully saturated rings. The van der Waals surface area contributed by atoms with Crippen LogP contribution in [0.25, 0.3) is 0 Å². The summed E-state index contributed by atoms with van der Waals surface area (Å²) in [5, 5.41) is 3.40. The summed E-state index contributed by atoms with van der Waals surface area (Å²) in [4.78, 5) is 15.2. The van der Waals surface area contributed by atoms with Crippen molar-refractivity contribution in [2.45, 2.75) is 65.3 Å². The van der Waals surface area contributed by atoms with Crippen LogP contribution in [0.2, 0.25) is 0 Å². The van der Waals surface area contributed by atoms with E-state index in [0.717, 1.165) is 38.9 Å². The SMILES string of the molecule is CCCN(C(=O)C1CCCCC1(C)C)C1CCNC1. The molecule has 1 aliphatic carbocycles. The Hall–Kier alpha value is -0.570. The highest BCUT2D eigenvalue weighted by atomic mass is 16.2. The molecule has 1 aliphatic heterocycles. The van der Waals surface area contributed by atoms with E-state index in [0.29, 0.717) is 11.9 Å². The van der Waals surface area contributed by atoms with Crippen molar-refractivity contribution >= 4 is 5.91 Å². The number of hydrogen-bond donors (Lipinski definition) is 1. The molecule has 2 unspecified atom stereocenters. The van der Waals surface area contributed by atoms with Gasteiger partial charge in [0.15, 0.2) is 0 Å². The van der Waals surface area contributed by atoms with E-state index >= 15 is 0 Å². The van der Waals surface area contributed by atoms with Crippen LogP contribution in [0.15, 0.2) is 0 Å². The van der Waals surface area contributed by atoms with Gasteiger partial charge in [-0.3, -0.25) is 4.79 Å². The first-order valence-electron chi connectivity index (χ1n) is 8.07. The van der Waals surface area contributed by atoms with Crippen molar-refractivity contribution in [2.75, 3.05) is 19.6 Å². The maximum Gasteiger partial charge on any atom is 0.226 e. The van der Waals surface area contributed by atoms with Gasteiger partial charge in [-0.1, -0.05) is 33.6 Å². The first kappa shape index (κ1) is 14.8. The van der Waals surface area contributed by atoms with Crippen LogP contribution in [0, 0.1) is 11.3 Å². The van der Waals surface area contributed by atoms with E-state index in [1.165, 1.54) is 19.3 Å². The zero-order chi connectivity index (χ0) is 13.9. The lowest BCUT2D eigenvalue weighted by molar-refractivity contribution is -0.143. The van der Waals surface area contributed by atoms with Crippen LogP contribution in [0.1, 0.15) is 59.3 Å². The standard InChI is InChI=1S/C16H30N2O/c1-4-11-18(13-8-10-17-12-13)15(19)14-7-5-6-9-16(14,2)3/h13-14,17H,4-12H2,1-3H3. The highest BCUT2D eigenvalue weighted by Gasteiger charge is 2.40. The average molecular weight is 266 g/mol. The molecular formula is C16H30N2O. The summed E-state index contributed by atoms with van der Waals surface area (Å²) in [7, 11) is 0. The Morgan fingerprint density at radius 3 is 2.68 bits per heavy atom. The van der Waals surface area contributed by atoms with Gasteiger partial charge >= 0.3 is 0 Å². The van der Waals surface area contributed by atoms with Crippen LogP contribution in [0.4, 0.5) is 0 Å². The van der Waals surface area contributed by atoms with Crippen molar-refractivity contribution in [3.63, 3.8) is 0 Å². The molecule has 2 aliphatic rings. The van der Waals surface area contributed by atoms with Gasteiger partial charge in [0.1, 0.15) is 0 Å². The minimum atomic E-state index is 0.188. The fourth-order valence-electron chi connectivity index (χ4n) is 3.77. The lowest BCUT2D eigenvalue weighted by Gasteiger charge is -2.41. The molecule has 1 heterocycles. The predicted octanol–water partition coefficient (Wildman–Crippen LogP) is 2.80. The molecule has 1 amide bonds. The minimum Gasteiger partial charge on any atom is -0.338 e. The third-order valence-electron chi connectivity index (χ3n) is 5.03. The van der Waals surface area contributed by atoms with Gasteiger partial charge in [-0.25, -0.2) is 0 Å². The van der Waals surface area contributed by atoms with Gasteiger partial charge in [0.05, 0.1) is 0 Å². The smallest absolute Gasteiger partial charge is 0.226 e. The maximum absolute atomic E-state index is 13.0. The second-order valence-electron chi connectivity index (χ2n) is 6.97. The molecule has 0 aromatic carbocycles. The Balaban J connectivity index is 2.09. The van der Waals surface area contributed by atoms with Gasteiger partial charge in [0.2, 0.25) is 5.91 Å². The predicted molar refractivity (Wildman–Crippen MR) is 79.0 cm³/mol. The Morgan fingerprint density at radius 2 is 2.11 bits per heavy atom. The molecule has 0 spiro atoms. The van der Waals surface area contributed by atoms with Crippen LogP contribution in [-0.4, -0.2) is 36.5 Å². The normalized spacial score (nSPS) is 30.3. The van der Waals surface area contributed by atoms with E-state index in [4.69, 9.17) is 0 Å². The number of nitrogens with zero attached hydrogens (tertiary/aromatic N) is 1. The molecule has 2 rings (SSSR count). The maximum atomic E-state index is 13.0. The fraction of sp³-hybridized carbons (Fsp3) is 0.938. The van der Waals surface area contributed by atoms with E-state index in [2.05, 4.69) is 31.0 Å². The minimum absolute atomic E-state index is 0.188. The first-order valence-corrected chi connectivity index (χ1v) is 8.07. The van der Waals surface area contributed by atoms with E-state index in [-0.39, 0.29) is 11.3 Å². The molecule has 3 nitrogen and oxygen atoms in total. The molecule has 0 bridgehead atoms. The van der Waals surface area contributed by atoms with Gasteiger partial charge in [0.25, 0.3) is 0 Å². The third-order valence-corrected chi connectivity index (χ3v) is 5.03. The Labute approximate surface area is 118 Å². The number of nitrogens with one attached hydrogen (secondary N) is 1. The molecule has 110 valence electrons. The molecule has 3 heteroatoms. The second kappa shape index (κ2) is 6.25. The van der Waals surface area contributed by atoms with Crippen LogP contribution in [0.5, 0.6) is 0 Å². The molecule has 1 saturated heterocycles. The summed E-state index contributed by atoms with van der Waals surface area (Å²) in [5.74, 6) is 0.675. The number of carbonyl (C=O) groups is 1. The Kier molecular flexibility index (Phi) is 4.88. The number of amides is 1. The molecule has 2 atom stereocenters. The van der Waals surface area contributed by atoms with E-state index in [1.807, 2.05) is 0 Å². The van der Waals surface area contributed by atoms with E-state index < -0.39 is 0 Å². The summed E-state index contributed by atoms with van der Waals surface area (Å²) < 4.78 is 0. The zero-order valence-electron chi connectivity index (χ0n) is 12.9.